The maximum atomic E-state index is 7.61. The number of likely N-dealkylation sites (tertiary alicyclic amines) is 1. The molecule has 1 fully saturated rings. The molecule has 0 bridgehead atoms. The van der Waals surface area contributed by atoms with Crippen LogP contribution >= 0.6 is 0 Å². The van der Waals surface area contributed by atoms with Gasteiger partial charge in [0.2, 0.25) is 6.75 Å². The fourth-order valence-electron chi connectivity index (χ4n) is 4.39. The van der Waals surface area contributed by atoms with Crippen molar-refractivity contribution in [3.8, 4) is 11.5 Å². The minimum Gasteiger partial charge on any atom is -0.454 e. The van der Waals surface area contributed by atoms with Crippen molar-refractivity contribution in [1.82, 2.24) is 4.90 Å². The van der Waals surface area contributed by atoms with Gasteiger partial charge in [0, 0.05) is 13.1 Å². The van der Waals surface area contributed by atoms with Crippen LogP contribution in [0.25, 0.3) is 0 Å². The summed E-state index contributed by atoms with van der Waals surface area (Å²) in [6.45, 7) is 0.817. The lowest BCUT2D eigenvalue weighted by Gasteiger charge is -2.35. The molecule has 5 rings (SSSR count). The number of ether oxygens (including phenoxy) is 3. The Balaban J connectivity index is 1.22. The molecule has 1 unspecified atom stereocenters. The van der Waals surface area contributed by atoms with Gasteiger partial charge in [0.05, 0.1) is 6.10 Å². The van der Waals surface area contributed by atoms with Gasteiger partial charge in [0.1, 0.15) is 8.85 Å². The Labute approximate surface area is 187 Å². The maximum Gasteiger partial charge on any atom is 0.231 e. The minimum atomic E-state index is -2.08. The predicted octanol–water partition coefficient (Wildman–Crippen LogP) is 5.23. The number of fused-ring (bicyclic) bond motifs is 1. The Morgan fingerprint density at radius 1 is 0.935 bits per heavy atom. The summed E-state index contributed by atoms with van der Waals surface area (Å²) in [5, 5.41) is 0. The molecule has 2 aliphatic rings. The number of hydrogen-bond acceptors (Lipinski definition) is 4. The van der Waals surface area contributed by atoms with Crippen LogP contribution < -0.4 is 9.47 Å². The van der Waals surface area contributed by atoms with Crippen molar-refractivity contribution in [2.45, 2.75) is 31.5 Å². The highest BCUT2D eigenvalue weighted by Crippen LogP contribution is 2.33. The van der Waals surface area contributed by atoms with Gasteiger partial charge in [-0.15, -0.1) is 0 Å². The first-order chi connectivity index (χ1) is 16.1. The molecule has 0 aliphatic carbocycles. The normalized spacial score (nSPS) is 21.0. The monoisotopic (exact) mass is 417 g/mol. The van der Waals surface area contributed by atoms with Gasteiger partial charge in [-0.1, -0.05) is 66.7 Å². The van der Waals surface area contributed by atoms with Gasteiger partial charge in [-0.3, -0.25) is 0 Å². The van der Waals surface area contributed by atoms with E-state index >= 15 is 0 Å². The number of benzene rings is 3. The third-order valence-corrected chi connectivity index (χ3v) is 6.02. The summed E-state index contributed by atoms with van der Waals surface area (Å²) in [7, 11) is 0. The topological polar surface area (TPSA) is 30.9 Å². The summed E-state index contributed by atoms with van der Waals surface area (Å²) in [6, 6.07) is 26.6. The van der Waals surface area contributed by atoms with Gasteiger partial charge in [-0.2, -0.15) is 0 Å². The number of hydrogen-bond donors (Lipinski definition) is 0. The van der Waals surface area contributed by atoms with Crippen LogP contribution in [0, 0.1) is 0 Å². The van der Waals surface area contributed by atoms with Crippen LogP contribution in [-0.4, -0.2) is 37.4 Å². The van der Waals surface area contributed by atoms with Gasteiger partial charge in [-0.05, 0) is 54.6 Å². The lowest BCUT2D eigenvalue weighted by molar-refractivity contribution is -0.0330. The average molecular weight is 418 g/mol. The molecule has 4 heteroatoms. The highest BCUT2D eigenvalue weighted by atomic mass is 16.7. The summed E-state index contributed by atoms with van der Waals surface area (Å²) in [4.78, 5) is 2.46. The van der Waals surface area contributed by atoms with E-state index in [0.29, 0.717) is 11.5 Å². The van der Waals surface area contributed by atoms with E-state index in [-0.39, 0.29) is 12.2 Å². The number of rotatable bonds is 7. The van der Waals surface area contributed by atoms with Crippen LogP contribution in [0.4, 0.5) is 0 Å². The van der Waals surface area contributed by atoms with Crippen LogP contribution in [0.5, 0.6) is 11.5 Å². The molecule has 3 aromatic rings. The van der Waals surface area contributed by atoms with Crippen LogP contribution in [0.15, 0.2) is 78.9 Å². The molecule has 3 aromatic carbocycles. The third-order valence-electron chi connectivity index (χ3n) is 6.02. The first-order valence-corrected chi connectivity index (χ1v) is 11.0. The summed E-state index contributed by atoms with van der Waals surface area (Å²) in [6.07, 6.45) is 3.15. The van der Waals surface area contributed by atoms with Crippen LogP contribution in [0.3, 0.4) is 0 Å². The summed E-state index contributed by atoms with van der Waals surface area (Å²) >= 11 is 0. The van der Waals surface area contributed by atoms with Crippen molar-refractivity contribution in [2.75, 3.05) is 26.4 Å². The van der Waals surface area contributed by atoms with Crippen molar-refractivity contribution in [3.05, 3.63) is 95.6 Å². The van der Waals surface area contributed by atoms with E-state index in [0.717, 1.165) is 44.5 Å². The molecule has 160 valence electrons. The molecule has 31 heavy (non-hydrogen) atoms. The quantitative estimate of drug-likeness (QED) is 0.527. The first kappa shape index (κ1) is 17.8. The van der Waals surface area contributed by atoms with E-state index in [4.69, 9.17) is 17.0 Å². The summed E-state index contributed by atoms with van der Waals surface area (Å²) in [5.74, 6) is 0.939. The highest BCUT2D eigenvalue weighted by molar-refractivity contribution is 5.44. The molecule has 0 amide bonds. The Morgan fingerprint density at radius 3 is 2.39 bits per heavy atom. The zero-order chi connectivity index (χ0) is 22.7. The second-order valence-electron chi connectivity index (χ2n) is 8.22. The van der Waals surface area contributed by atoms with Crippen molar-refractivity contribution in [2.24, 2.45) is 0 Å². The Kier molecular flexibility index (Phi) is 5.49. The molecule has 4 nitrogen and oxygen atoms in total. The Bertz CT molecular complexity index is 1020. The van der Waals surface area contributed by atoms with E-state index < -0.39 is 6.75 Å². The molecule has 0 spiro atoms. The first-order valence-electron chi connectivity index (χ1n) is 12.0. The standard InChI is InChI=1S/C27H29NO3/c1-3-8-22(9-4-1)27(23-10-5-2-6-11-23)31-24-12-7-16-28(19-24)17-15-21-13-14-25-26(18-21)30-20-29-25/h1-6,8-11,13-14,18,24,27H,7,12,15-17,19-20H2/i20D2. The number of nitrogens with zero attached hydrogens (tertiary/aromatic N) is 1. The molecular formula is C27H29NO3. The van der Waals surface area contributed by atoms with E-state index in [1.807, 2.05) is 24.3 Å². The molecule has 0 saturated carbocycles. The Hall–Kier alpha value is -2.82. The average Bonchev–Trinajstić information content (AvgIpc) is 3.15. The van der Waals surface area contributed by atoms with Gasteiger partial charge in [0.15, 0.2) is 11.5 Å². The SMILES string of the molecule is [2H]C1([2H])Oc2ccc(CCN3CCCC(OC(c4ccccc4)c4ccccc4)C3)cc2O1. The molecule has 2 heterocycles. The van der Waals surface area contributed by atoms with Gasteiger partial charge >= 0.3 is 0 Å². The Morgan fingerprint density at radius 2 is 1.65 bits per heavy atom. The molecule has 2 aliphatic heterocycles. The summed E-state index contributed by atoms with van der Waals surface area (Å²) in [5.41, 5.74) is 3.48. The highest BCUT2D eigenvalue weighted by Gasteiger charge is 2.25. The van der Waals surface area contributed by atoms with Crippen LogP contribution in [-0.2, 0) is 11.2 Å². The fourth-order valence-corrected chi connectivity index (χ4v) is 4.39. The second kappa shape index (κ2) is 9.54. The molecule has 1 saturated heterocycles. The van der Waals surface area contributed by atoms with Crippen molar-refractivity contribution >= 4 is 0 Å². The molecular weight excluding hydrogens is 386 g/mol. The van der Waals surface area contributed by atoms with Crippen LogP contribution in [0.2, 0.25) is 0 Å². The lowest BCUT2D eigenvalue weighted by atomic mass is 10.00. The van der Waals surface area contributed by atoms with Gasteiger partial charge < -0.3 is 19.1 Å². The molecule has 0 N–H and O–H groups in total. The molecule has 1 atom stereocenters. The van der Waals surface area contributed by atoms with Crippen molar-refractivity contribution in [1.29, 1.82) is 0 Å². The zero-order valence-electron chi connectivity index (χ0n) is 19.6. The van der Waals surface area contributed by atoms with Crippen LogP contribution in [0.1, 0.15) is 38.4 Å². The fraction of sp³-hybridized carbons (Fsp3) is 0.333. The van der Waals surface area contributed by atoms with E-state index in [1.54, 1.807) is 6.07 Å². The van der Waals surface area contributed by atoms with E-state index in [1.165, 1.54) is 11.1 Å². The van der Waals surface area contributed by atoms with Gasteiger partial charge in [-0.25, -0.2) is 0 Å². The van der Waals surface area contributed by atoms with Gasteiger partial charge in [0.25, 0.3) is 0 Å². The minimum absolute atomic E-state index is 0.0683. The third kappa shape index (κ3) is 4.92. The maximum absolute atomic E-state index is 7.61. The zero-order valence-corrected chi connectivity index (χ0v) is 17.6. The smallest absolute Gasteiger partial charge is 0.231 e. The van der Waals surface area contributed by atoms with E-state index in [2.05, 4.69) is 53.4 Å². The predicted molar refractivity (Wildman–Crippen MR) is 122 cm³/mol. The second-order valence-corrected chi connectivity index (χ2v) is 8.22. The van der Waals surface area contributed by atoms with Crippen molar-refractivity contribution < 1.29 is 17.0 Å². The number of piperidine rings is 1. The molecule has 0 aromatic heterocycles. The van der Waals surface area contributed by atoms with E-state index in [9.17, 15) is 0 Å². The summed E-state index contributed by atoms with van der Waals surface area (Å²) < 4.78 is 32.3. The molecule has 0 radical (unpaired) electrons. The lowest BCUT2D eigenvalue weighted by Crippen LogP contribution is -2.41. The van der Waals surface area contributed by atoms with Crippen molar-refractivity contribution in [3.63, 3.8) is 0 Å². The largest absolute Gasteiger partial charge is 0.454 e.